The Morgan fingerprint density at radius 1 is 1.00 bits per heavy atom. The van der Waals surface area contributed by atoms with Gasteiger partial charge in [-0.05, 0) is 27.3 Å². The van der Waals surface area contributed by atoms with Crippen LogP contribution in [0.1, 0.15) is 52.7 Å². The van der Waals surface area contributed by atoms with Gasteiger partial charge in [0, 0.05) is 19.0 Å². The van der Waals surface area contributed by atoms with Crippen molar-refractivity contribution in [3.05, 3.63) is 47.5 Å². The molecule has 2 nitrogen and oxygen atoms in total. The number of rotatable bonds is 2. The maximum atomic E-state index is 12.4. The van der Waals surface area contributed by atoms with Crippen molar-refractivity contribution in [2.75, 3.05) is 7.05 Å². The van der Waals surface area contributed by atoms with Crippen LogP contribution in [-0.4, -0.2) is 17.9 Å². The third kappa shape index (κ3) is 3.93. The van der Waals surface area contributed by atoms with Gasteiger partial charge in [0.1, 0.15) is 0 Å². The van der Waals surface area contributed by atoms with Crippen molar-refractivity contribution in [2.45, 2.75) is 53.5 Å². The van der Waals surface area contributed by atoms with E-state index in [1.807, 2.05) is 32.7 Å². The van der Waals surface area contributed by atoms with Gasteiger partial charge in [-0.1, -0.05) is 77.9 Å². The highest BCUT2D eigenvalue weighted by molar-refractivity contribution is 5.87. The van der Waals surface area contributed by atoms with E-state index in [1.54, 1.807) is 0 Å². The van der Waals surface area contributed by atoms with E-state index in [9.17, 15) is 4.79 Å². The molecule has 0 aliphatic carbocycles. The fourth-order valence-corrected chi connectivity index (χ4v) is 2.86. The highest BCUT2D eigenvalue weighted by Crippen LogP contribution is 2.28. The van der Waals surface area contributed by atoms with Crippen LogP contribution in [0.4, 0.5) is 0 Å². The molecular weight excluding hydrogens is 282 g/mol. The molecule has 0 unspecified atom stereocenters. The summed E-state index contributed by atoms with van der Waals surface area (Å²) in [6, 6.07) is 13.0. The zero-order valence-corrected chi connectivity index (χ0v) is 15.5. The average Bonchev–Trinajstić information content (AvgIpc) is 2.44. The Labute approximate surface area is 140 Å². The molecule has 0 radical (unpaired) electrons. The lowest BCUT2D eigenvalue weighted by molar-refractivity contribution is -0.138. The maximum Gasteiger partial charge on any atom is 0.227 e. The van der Waals surface area contributed by atoms with E-state index in [4.69, 9.17) is 0 Å². The van der Waals surface area contributed by atoms with Crippen LogP contribution in [0.15, 0.2) is 36.4 Å². The largest absolute Gasteiger partial charge is 0.341 e. The molecule has 23 heavy (non-hydrogen) atoms. The molecule has 0 N–H and O–H groups in total. The Bertz CT molecular complexity index is 717. The Hall–Kier alpha value is -1.83. The van der Waals surface area contributed by atoms with Crippen LogP contribution in [0, 0.1) is 5.41 Å². The number of carbonyl (C=O) groups excluding carboxylic acids is 1. The second-order valence-electron chi connectivity index (χ2n) is 8.51. The van der Waals surface area contributed by atoms with Crippen molar-refractivity contribution in [1.29, 1.82) is 0 Å². The highest BCUT2D eigenvalue weighted by Gasteiger charge is 2.25. The van der Waals surface area contributed by atoms with Crippen LogP contribution < -0.4 is 0 Å². The maximum absolute atomic E-state index is 12.4. The molecule has 0 atom stereocenters. The zero-order valence-electron chi connectivity index (χ0n) is 15.5. The smallest absolute Gasteiger partial charge is 0.227 e. The lowest BCUT2D eigenvalue weighted by Gasteiger charge is -2.26. The molecule has 2 rings (SSSR count). The van der Waals surface area contributed by atoms with Crippen molar-refractivity contribution in [3.8, 4) is 0 Å². The summed E-state index contributed by atoms with van der Waals surface area (Å²) in [4.78, 5) is 14.2. The summed E-state index contributed by atoms with van der Waals surface area (Å²) in [6.07, 6.45) is 0. The van der Waals surface area contributed by atoms with Crippen LogP contribution in [0.25, 0.3) is 10.8 Å². The molecule has 0 spiro atoms. The van der Waals surface area contributed by atoms with Gasteiger partial charge in [0.05, 0.1) is 0 Å². The lowest BCUT2D eigenvalue weighted by atomic mass is 9.85. The number of hydrogen-bond donors (Lipinski definition) is 0. The molecule has 2 heteroatoms. The van der Waals surface area contributed by atoms with Gasteiger partial charge in [-0.2, -0.15) is 0 Å². The van der Waals surface area contributed by atoms with E-state index >= 15 is 0 Å². The molecule has 0 saturated carbocycles. The van der Waals surface area contributed by atoms with Gasteiger partial charge >= 0.3 is 0 Å². The van der Waals surface area contributed by atoms with E-state index in [0.29, 0.717) is 6.54 Å². The fraction of sp³-hybridized carbons (Fsp3) is 0.476. The van der Waals surface area contributed by atoms with E-state index in [1.165, 1.54) is 21.9 Å². The molecule has 0 fully saturated rings. The number of nitrogens with zero attached hydrogens (tertiary/aromatic N) is 1. The molecule has 0 bridgehead atoms. The average molecular weight is 311 g/mol. The van der Waals surface area contributed by atoms with Gasteiger partial charge < -0.3 is 4.90 Å². The molecular formula is C21H29NO. The summed E-state index contributed by atoms with van der Waals surface area (Å²) in [5.74, 6) is 0.167. The van der Waals surface area contributed by atoms with Crippen LogP contribution in [0.3, 0.4) is 0 Å². The Morgan fingerprint density at radius 3 is 2.22 bits per heavy atom. The minimum Gasteiger partial charge on any atom is -0.341 e. The van der Waals surface area contributed by atoms with Crippen LogP contribution in [-0.2, 0) is 16.8 Å². The molecule has 0 heterocycles. The number of carbonyl (C=O) groups is 1. The molecule has 0 aliphatic heterocycles. The summed E-state index contributed by atoms with van der Waals surface area (Å²) in [7, 11) is 1.88. The molecule has 1 amide bonds. The third-order valence-corrected chi connectivity index (χ3v) is 4.23. The first kappa shape index (κ1) is 17.5. The third-order valence-electron chi connectivity index (χ3n) is 4.23. The first-order valence-corrected chi connectivity index (χ1v) is 8.28. The topological polar surface area (TPSA) is 20.3 Å². The van der Waals surface area contributed by atoms with Crippen molar-refractivity contribution >= 4 is 16.7 Å². The van der Waals surface area contributed by atoms with E-state index < -0.39 is 0 Å². The second-order valence-corrected chi connectivity index (χ2v) is 8.51. The van der Waals surface area contributed by atoms with Crippen molar-refractivity contribution in [3.63, 3.8) is 0 Å². The fourth-order valence-electron chi connectivity index (χ4n) is 2.86. The minimum atomic E-state index is -0.348. The first-order valence-electron chi connectivity index (χ1n) is 8.28. The van der Waals surface area contributed by atoms with Gasteiger partial charge in [0.2, 0.25) is 5.91 Å². The van der Waals surface area contributed by atoms with E-state index in [0.717, 1.165) is 0 Å². The summed E-state index contributed by atoms with van der Waals surface area (Å²) in [5.41, 5.74) is 2.33. The molecule has 2 aromatic carbocycles. The number of amides is 1. The van der Waals surface area contributed by atoms with Crippen molar-refractivity contribution in [2.24, 2.45) is 5.41 Å². The van der Waals surface area contributed by atoms with Crippen LogP contribution in [0.5, 0.6) is 0 Å². The number of hydrogen-bond acceptors (Lipinski definition) is 1. The lowest BCUT2D eigenvalue weighted by Crippen LogP contribution is -2.36. The standard InChI is InChI=1S/C21H29NO/c1-20(2,3)17-11-12-18-15(13-17)9-8-10-16(18)14-22(7)19(23)21(4,5)6/h8-13H,14H2,1-7H3. The first-order chi connectivity index (χ1) is 10.5. The molecule has 0 saturated heterocycles. The molecule has 0 aromatic heterocycles. The van der Waals surface area contributed by atoms with Crippen LogP contribution >= 0.6 is 0 Å². The van der Waals surface area contributed by atoms with Gasteiger partial charge in [-0.25, -0.2) is 0 Å². The van der Waals surface area contributed by atoms with E-state index in [-0.39, 0.29) is 16.7 Å². The van der Waals surface area contributed by atoms with Crippen LogP contribution in [0.2, 0.25) is 0 Å². The monoisotopic (exact) mass is 311 g/mol. The second kappa shape index (κ2) is 5.99. The van der Waals surface area contributed by atoms with Crippen molar-refractivity contribution < 1.29 is 4.79 Å². The van der Waals surface area contributed by atoms with Crippen molar-refractivity contribution in [1.82, 2.24) is 4.90 Å². The van der Waals surface area contributed by atoms with E-state index in [2.05, 4.69) is 57.2 Å². The number of benzene rings is 2. The Balaban J connectivity index is 2.37. The summed E-state index contributed by atoms with van der Waals surface area (Å²) in [6.45, 7) is 13.2. The Kier molecular flexibility index (Phi) is 4.57. The predicted molar refractivity (Wildman–Crippen MR) is 98.6 cm³/mol. The summed E-state index contributed by atoms with van der Waals surface area (Å²) < 4.78 is 0. The number of fused-ring (bicyclic) bond motifs is 1. The predicted octanol–water partition coefficient (Wildman–Crippen LogP) is 5.14. The molecule has 0 aliphatic rings. The van der Waals surface area contributed by atoms with Gasteiger partial charge in [0.25, 0.3) is 0 Å². The zero-order chi connectivity index (χ0) is 17.4. The summed E-state index contributed by atoms with van der Waals surface area (Å²) >= 11 is 0. The quantitative estimate of drug-likeness (QED) is 0.752. The van der Waals surface area contributed by atoms with Gasteiger partial charge in [-0.15, -0.1) is 0 Å². The minimum absolute atomic E-state index is 0.142. The highest BCUT2D eigenvalue weighted by atomic mass is 16.2. The normalized spacial score (nSPS) is 12.5. The Morgan fingerprint density at radius 2 is 1.65 bits per heavy atom. The molecule has 2 aromatic rings. The van der Waals surface area contributed by atoms with Gasteiger partial charge in [0.15, 0.2) is 0 Å². The molecule has 124 valence electrons. The summed E-state index contributed by atoms with van der Waals surface area (Å²) in [5, 5.41) is 2.47. The SMILES string of the molecule is CN(Cc1cccc2cc(C(C)(C)C)ccc12)C(=O)C(C)(C)C. The van der Waals surface area contributed by atoms with Gasteiger partial charge in [-0.3, -0.25) is 4.79 Å².